The number of ether oxygens (including phenoxy) is 2. The topological polar surface area (TPSA) is 18.5 Å². The minimum absolute atomic E-state index is 0.254. The molecule has 1 fully saturated rings. The van der Waals surface area contributed by atoms with Crippen molar-refractivity contribution in [2.75, 3.05) is 13.2 Å². The Labute approximate surface area is 94.3 Å². The maximum Gasteiger partial charge on any atom is 0.191 e. The highest BCUT2D eigenvalue weighted by Gasteiger charge is 2.21. The van der Waals surface area contributed by atoms with Crippen LogP contribution in [0.2, 0.25) is 0 Å². The van der Waals surface area contributed by atoms with Gasteiger partial charge in [0.2, 0.25) is 0 Å². The fraction of sp³-hybridized carbons (Fsp3) is 0.400. The monoisotopic (exact) mass is 278 g/mol. The lowest BCUT2D eigenvalue weighted by atomic mass is 10.3. The quantitative estimate of drug-likeness (QED) is 0.828. The number of halogens is 3. The van der Waals surface area contributed by atoms with Gasteiger partial charge in [-0.05, 0) is 12.1 Å². The molecule has 0 N–H and O–H groups in total. The van der Waals surface area contributed by atoms with Crippen LogP contribution in [-0.4, -0.2) is 19.3 Å². The molecule has 1 aliphatic heterocycles. The maximum absolute atomic E-state index is 13.3. The third-order valence-corrected chi connectivity index (χ3v) is 2.59. The summed E-state index contributed by atoms with van der Waals surface area (Å²) in [6.45, 7) is 0.958. The Morgan fingerprint density at radius 2 is 2.00 bits per heavy atom. The van der Waals surface area contributed by atoms with Crippen LogP contribution in [0.3, 0.4) is 0 Å². The summed E-state index contributed by atoms with van der Waals surface area (Å²) in [5, 5.41) is 0. The van der Waals surface area contributed by atoms with Crippen molar-refractivity contribution in [1.82, 2.24) is 0 Å². The first kappa shape index (κ1) is 10.8. The largest absolute Gasteiger partial charge is 0.482 e. The number of hydrogen-bond donors (Lipinski definition) is 0. The number of rotatable bonds is 2. The Morgan fingerprint density at radius 1 is 1.33 bits per heavy atom. The summed E-state index contributed by atoms with van der Waals surface area (Å²) in [5.74, 6) is -1.73. The third-order valence-electron chi connectivity index (χ3n) is 2.14. The van der Waals surface area contributed by atoms with Gasteiger partial charge in [0.15, 0.2) is 17.4 Å². The van der Waals surface area contributed by atoms with E-state index in [0.717, 1.165) is 0 Å². The van der Waals surface area contributed by atoms with Crippen LogP contribution >= 0.6 is 15.9 Å². The SMILES string of the molecule is Fc1cc(Br)cc(F)c1O[C@@H]1CCOC1. The highest BCUT2D eigenvalue weighted by molar-refractivity contribution is 9.10. The molecule has 2 nitrogen and oxygen atoms in total. The van der Waals surface area contributed by atoms with Crippen molar-refractivity contribution >= 4 is 15.9 Å². The molecule has 5 heteroatoms. The highest BCUT2D eigenvalue weighted by atomic mass is 79.9. The van der Waals surface area contributed by atoms with Gasteiger partial charge in [-0.1, -0.05) is 15.9 Å². The van der Waals surface area contributed by atoms with Gasteiger partial charge in [-0.25, -0.2) is 8.78 Å². The van der Waals surface area contributed by atoms with Gasteiger partial charge in [0.1, 0.15) is 6.10 Å². The lowest BCUT2D eigenvalue weighted by Crippen LogP contribution is -2.17. The van der Waals surface area contributed by atoms with Gasteiger partial charge in [-0.3, -0.25) is 0 Å². The first-order chi connectivity index (χ1) is 7.16. The summed E-state index contributed by atoms with van der Waals surface area (Å²) < 4.78 is 37.3. The minimum Gasteiger partial charge on any atom is -0.482 e. The molecule has 1 aromatic rings. The zero-order chi connectivity index (χ0) is 10.8. The minimum atomic E-state index is -0.700. The van der Waals surface area contributed by atoms with Crippen LogP contribution < -0.4 is 4.74 Å². The van der Waals surface area contributed by atoms with Crippen molar-refractivity contribution in [3.63, 3.8) is 0 Å². The number of benzene rings is 1. The van der Waals surface area contributed by atoms with Crippen molar-refractivity contribution in [1.29, 1.82) is 0 Å². The van der Waals surface area contributed by atoms with E-state index in [9.17, 15) is 8.78 Å². The molecule has 2 rings (SSSR count). The molecular formula is C10H9BrF2O2. The second kappa shape index (κ2) is 4.45. The van der Waals surface area contributed by atoms with Gasteiger partial charge in [-0.15, -0.1) is 0 Å². The van der Waals surface area contributed by atoms with Gasteiger partial charge < -0.3 is 9.47 Å². The van der Waals surface area contributed by atoms with Crippen LogP contribution in [0.15, 0.2) is 16.6 Å². The molecule has 0 unspecified atom stereocenters. The molecule has 1 aliphatic rings. The molecule has 0 bridgehead atoms. The molecule has 1 saturated heterocycles. The third kappa shape index (κ3) is 2.46. The summed E-state index contributed by atoms with van der Waals surface area (Å²) >= 11 is 3.00. The van der Waals surface area contributed by atoms with E-state index in [4.69, 9.17) is 9.47 Å². The van der Waals surface area contributed by atoms with Crippen molar-refractivity contribution in [2.45, 2.75) is 12.5 Å². The lowest BCUT2D eigenvalue weighted by Gasteiger charge is -2.13. The van der Waals surface area contributed by atoms with Gasteiger partial charge in [-0.2, -0.15) is 0 Å². The molecule has 1 atom stereocenters. The fourth-order valence-corrected chi connectivity index (χ4v) is 1.82. The summed E-state index contributed by atoms with van der Waals surface area (Å²) in [7, 11) is 0. The van der Waals surface area contributed by atoms with Gasteiger partial charge in [0.25, 0.3) is 0 Å². The molecule has 0 spiro atoms. The molecule has 82 valence electrons. The van der Waals surface area contributed by atoms with E-state index in [1.807, 2.05) is 0 Å². The van der Waals surface area contributed by atoms with E-state index in [-0.39, 0.29) is 11.9 Å². The molecule has 1 heterocycles. The van der Waals surface area contributed by atoms with Gasteiger partial charge in [0.05, 0.1) is 13.2 Å². The van der Waals surface area contributed by atoms with E-state index >= 15 is 0 Å². The molecule has 1 aromatic carbocycles. The summed E-state index contributed by atoms with van der Waals surface area (Å²) in [4.78, 5) is 0. The average molecular weight is 279 g/mol. The molecule has 0 amide bonds. The molecule has 0 radical (unpaired) electrons. The number of hydrogen-bond acceptors (Lipinski definition) is 2. The lowest BCUT2D eigenvalue weighted by molar-refractivity contribution is 0.134. The van der Waals surface area contributed by atoms with Crippen molar-refractivity contribution in [2.24, 2.45) is 0 Å². The predicted molar refractivity (Wildman–Crippen MR) is 53.9 cm³/mol. The van der Waals surface area contributed by atoms with Crippen LogP contribution in [0.4, 0.5) is 8.78 Å². The van der Waals surface area contributed by atoms with Crippen molar-refractivity contribution in [3.05, 3.63) is 28.2 Å². The molecule has 0 aliphatic carbocycles. The predicted octanol–water partition coefficient (Wildman–Crippen LogP) is 2.90. The second-order valence-corrected chi connectivity index (χ2v) is 4.22. The van der Waals surface area contributed by atoms with E-state index in [1.165, 1.54) is 12.1 Å². The Hall–Kier alpha value is -0.680. The average Bonchev–Trinajstić information content (AvgIpc) is 2.63. The standard InChI is InChI=1S/C10H9BrF2O2/c11-6-3-8(12)10(9(13)4-6)15-7-1-2-14-5-7/h3-4,7H,1-2,5H2/t7-/m1/s1. The van der Waals surface area contributed by atoms with Crippen molar-refractivity contribution < 1.29 is 18.3 Å². The fourth-order valence-electron chi connectivity index (χ4n) is 1.41. The van der Waals surface area contributed by atoms with Gasteiger partial charge in [0, 0.05) is 10.9 Å². The van der Waals surface area contributed by atoms with Crippen LogP contribution in [0.1, 0.15) is 6.42 Å². The zero-order valence-corrected chi connectivity index (χ0v) is 9.39. The molecule has 15 heavy (non-hydrogen) atoms. The first-order valence-electron chi connectivity index (χ1n) is 4.56. The normalized spacial score (nSPS) is 20.6. The Bertz CT molecular complexity index is 341. The van der Waals surface area contributed by atoms with E-state index in [0.29, 0.717) is 24.1 Å². The molecule has 0 saturated carbocycles. The van der Waals surface area contributed by atoms with Crippen molar-refractivity contribution in [3.8, 4) is 5.75 Å². The Balaban J connectivity index is 2.19. The van der Waals surface area contributed by atoms with Crippen LogP contribution in [0, 0.1) is 11.6 Å². The van der Waals surface area contributed by atoms with Crippen LogP contribution in [0.5, 0.6) is 5.75 Å². The summed E-state index contributed by atoms with van der Waals surface area (Å²) in [5.41, 5.74) is 0. The maximum atomic E-state index is 13.3. The second-order valence-electron chi connectivity index (χ2n) is 3.30. The van der Waals surface area contributed by atoms with Crippen LogP contribution in [0.25, 0.3) is 0 Å². The van der Waals surface area contributed by atoms with Crippen LogP contribution in [-0.2, 0) is 4.74 Å². The molecular weight excluding hydrogens is 270 g/mol. The van der Waals surface area contributed by atoms with E-state index < -0.39 is 11.6 Å². The Morgan fingerprint density at radius 3 is 2.53 bits per heavy atom. The highest BCUT2D eigenvalue weighted by Crippen LogP contribution is 2.27. The molecule has 0 aromatic heterocycles. The van der Waals surface area contributed by atoms with E-state index in [1.54, 1.807) is 0 Å². The zero-order valence-electron chi connectivity index (χ0n) is 7.80. The summed E-state index contributed by atoms with van der Waals surface area (Å²) in [6.07, 6.45) is 0.407. The Kier molecular flexibility index (Phi) is 3.21. The van der Waals surface area contributed by atoms with Gasteiger partial charge >= 0.3 is 0 Å². The van der Waals surface area contributed by atoms with E-state index in [2.05, 4.69) is 15.9 Å². The first-order valence-corrected chi connectivity index (χ1v) is 5.35. The smallest absolute Gasteiger partial charge is 0.191 e. The summed E-state index contributed by atoms with van der Waals surface area (Å²) in [6, 6.07) is 2.35.